The summed E-state index contributed by atoms with van der Waals surface area (Å²) in [7, 11) is 0. The number of phenolic OH excluding ortho intramolecular Hbond substituents is 1. The van der Waals surface area contributed by atoms with E-state index in [-0.39, 0.29) is 22.2 Å². The van der Waals surface area contributed by atoms with Crippen molar-refractivity contribution in [3.8, 4) is 11.5 Å². The molecule has 2 N–H and O–H groups in total. The second kappa shape index (κ2) is 9.45. The maximum absolute atomic E-state index is 13.3. The number of ether oxygens (including phenoxy) is 1. The number of rotatable bonds is 6. The summed E-state index contributed by atoms with van der Waals surface area (Å²) < 4.78 is 6.37. The molecule has 0 unspecified atom stereocenters. The van der Waals surface area contributed by atoms with E-state index >= 15 is 0 Å². The van der Waals surface area contributed by atoms with Gasteiger partial charge in [0.2, 0.25) is 0 Å². The average molecular weight is 501 g/mol. The standard InChI is InChI=1S/C23H21BrN2O4S/c1-4-6-15-10-14(12-19(20(15)27)30-5-2)11-17-21(28)25-23(31)26(22(17)29)18-8-7-16(24)9-13(18)3/h4,7-12,27H,1,5-6H2,2-3H3,(H,25,28,31)/b17-11+. The van der Waals surface area contributed by atoms with Crippen molar-refractivity contribution in [2.75, 3.05) is 11.5 Å². The number of aryl methyl sites for hydroxylation is 1. The Kier molecular flexibility index (Phi) is 6.92. The van der Waals surface area contributed by atoms with Gasteiger partial charge in [0.1, 0.15) is 5.57 Å². The number of carbonyl (C=O) groups excluding carboxylic acids is 2. The maximum Gasteiger partial charge on any atom is 0.270 e. The van der Waals surface area contributed by atoms with Gasteiger partial charge in [-0.1, -0.05) is 22.0 Å². The molecular weight excluding hydrogens is 480 g/mol. The SMILES string of the molecule is C=CCc1cc(/C=C2\C(=O)NC(=S)N(c3ccc(Br)cc3C)C2=O)cc(OCC)c1O. The van der Waals surface area contributed by atoms with Crippen molar-refractivity contribution in [3.63, 3.8) is 0 Å². The van der Waals surface area contributed by atoms with Crippen LogP contribution in [0.4, 0.5) is 5.69 Å². The lowest BCUT2D eigenvalue weighted by Crippen LogP contribution is -2.54. The van der Waals surface area contributed by atoms with Gasteiger partial charge in [-0.25, -0.2) is 0 Å². The molecule has 31 heavy (non-hydrogen) atoms. The molecule has 2 amide bonds. The Morgan fingerprint density at radius 1 is 1.29 bits per heavy atom. The third kappa shape index (κ3) is 4.70. The number of hydrogen-bond donors (Lipinski definition) is 2. The lowest BCUT2D eigenvalue weighted by Gasteiger charge is -2.30. The highest BCUT2D eigenvalue weighted by molar-refractivity contribution is 9.10. The summed E-state index contributed by atoms with van der Waals surface area (Å²) in [6.45, 7) is 7.70. The second-order valence-corrected chi connectivity index (χ2v) is 8.14. The van der Waals surface area contributed by atoms with Crippen LogP contribution in [0.2, 0.25) is 0 Å². The molecule has 1 fully saturated rings. The normalized spacial score (nSPS) is 15.3. The molecule has 0 aliphatic carbocycles. The van der Waals surface area contributed by atoms with Gasteiger partial charge >= 0.3 is 0 Å². The minimum Gasteiger partial charge on any atom is -0.504 e. The first kappa shape index (κ1) is 22.7. The van der Waals surface area contributed by atoms with Crippen molar-refractivity contribution in [1.82, 2.24) is 5.32 Å². The smallest absolute Gasteiger partial charge is 0.270 e. The summed E-state index contributed by atoms with van der Waals surface area (Å²) in [5.74, 6) is -0.835. The number of allylic oxidation sites excluding steroid dienone is 1. The molecule has 160 valence electrons. The predicted octanol–water partition coefficient (Wildman–Crippen LogP) is 4.42. The zero-order valence-electron chi connectivity index (χ0n) is 17.1. The number of benzene rings is 2. The highest BCUT2D eigenvalue weighted by atomic mass is 79.9. The Bertz CT molecular complexity index is 1130. The largest absolute Gasteiger partial charge is 0.504 e. The molecular formula is C23H21BrN2O4S. The van der Waals surface area contributed by atoms with Crippen LogP contribution >= 0.6 is 28.1 Å². The minimum absolute atomic E-state index is 0.0108. The molecule has 6 nitrogen and oxygen atoms in total. The number of anilines is 1. The molecule has 1 aliphatic heterocycles. The van der Waals surface area contributed by atoms with Crippen molar-refractivity contribution in [2.24, 2.45) is 0 Å². The molecule has 3 rings (SSSR count). The fourth-order valence-electron chi connectivity index (χ4n) is 3.26. The fourth-order valence-corrected chi connectivity index (χ4v) is 4.01. The molecule has 1 saturated heterocycles. The molecule has 2 aromatic rings. The quantitative estimate of drug-likeness (QED) is 0.265. The highest BCUT2D eigenvalue weighted by Gasteiger charge is 2.35. The Morgan fingerprint density at radius 2 is 2.03 bits per heavy atom. The number of nitrogens with zero attached hydrogens (tertiary/aromatic N) is 1. The summed E-state index contributed by atoms with van der Waals surface area (Å²) in [5.41, 5.74) is 2.44. The third-order valence-corrected chi connectivity index (χ3v) is 5.43. The van der Waals surface area contributed by atoms with Crippen molar-refractivity contribution < 1.29 is 19.4 Å². The first-order valence-electron chi connectivity index (χ1n) is 9.54. The summed E-state index contributed by atoms with van der Waals surface area (Å²) in [6.07, 6.45) is 3.52. The van der Waals surface area contributed by atoms with Gasteiger partial charge in [-0.05, 0) is 80.0 Å². The van der Waals surface area contributed by atoms with E-state index in [4.69, 9.17) is 17.0 Å². The van der Waals surface area contributed by atoms with Crippen LogP contribution < -0.4 is 15.0 Å². The Hall–Kier alpha value is -2.97. The number of thiocarbonyl (C=S) groups is 1. The van der Waals surface area contributed by atoms with Crippen molar-refractivity contribution >= 4 is 56.8 Å². The first-order valence-corrected chi connectivity index (χ1v) is 10.7. The van der Waals surface area contributed by atoms with Crippen molar-refractivity contribution in [1.29, 1.82) is 0 Å². The number of aromatic hydroxyl groups is 1. The Morgan fingerprint density at radius 3 is 2.68 bits per heavy atom. The van der Waals surface area contributed by atoms with Gasteiger partial charge < -0.3 is 9.84 Å². The van der Waals surface area contributed by atoms with Crippen LogP contribution in [0.3, 0.4) is 0 Å². The van der Waals surface area contributed by atoms with Crippen molar-refractivity contribution in [2.45, 2.75) is 20.3 Å². The zero-order chi connectivity index (χ0) is 22.7. The Balaban J connectivity index is 2.08. The molecule has 0 saturated carbocycles. The van der Waals surface area contributed by atoms with Crippen LogP contribution in [-0.2, 0) is 16.0 Å². The summed E-state index contributed by atoms with van der Waals surface area (Å²) in [4.78, 5) is 27.2. The number of nitrogens with one attached hydrogen (secondary N) is 1. The second-order valence-electron chi connectivity index (χ2n) is 6.84. The van der Waals surface area contributed by atoms with E-state index in [1.54, 1.807) is 37.3 Å². The van der Waals surface area contributed by atoms with Crippen LogP contribution in [0.15, 0.2) is 53.0 Å². The van der Waals surface area contributed by atoms with Gasteiger partial charge in [0, 0.05) is 10.0 Å². The van der Waals surface area contributed by atoms with Crippen LogP contribution in [0.1, 0.15) is 23.6 Å². The average Bonchev–Trinajstić information content (AvgIpc) is 2.70. The van der Waals surface area contributed by atoms with E-state index in [1.807, 2.05) is 13.0 Å². The minimum atomic E-state index is -0.586. The molecule has 0 radical (unpaired) electrons. The van der Waals surface area contributed by atoms with Crippen LogP contribution in [0.25, 0.3) is 6.08 Å². The number of hydrogen-bond acceptors (Lipinski definition) is 5. The number of halogens is 1. The van der Waals surface area contributed by atoms with Gasteiger partial charge in [0.05, 0.1) is 12.3 Å². The number of carbonyl (C=O) groups is 2. The van der Waals surface area contributed by atoms with Gasteiger partial charge in [-0.3, -0.25) is 19.8 Å². The monoisotopic (exact) mass is 500 g/mol. The summed E-state index contributed by atoms with van der Waals surface area (Å²) >= 11 is 8.68. The van der Waals surface area contributed by atoms with Crippen LogP contribution in [0.5, 0.6) is 11.5 Å². The first-order chi connectivity index (χ1) is 14.8. The van der Waals surface area contributed by atoms with E-state index < -0.39 is 11.8 Å². The number of phenols is 1. The summed E-state index contributed by atoms with van der Waals surface area (Å²) in [6, 6.07) is 8.69. The number of amides is 2. The van der Waals surface area contributed by atoms with Gasteiger partial charge in [-0.2, -0.15) is 0 Å². The molecule has 0 aromatic heterocycles. The van der Waals surface area contributed by atoms with Crippen molar-refractivity contribution in [3.05, 3.63) is 69.7 Å². The van der Waals surface area contributed by atoms with E-state index in [9.17, 15) is 14.7 Å². The van der Waals surface area contributed by atoms with E-state index in [1.165, 1.54) is 11.0 Å². The molecule has 0 atom stereocenters. The fraction of sp³-hybridized carbons (Fsp3) is 0.174. The molecule has 0 bridgehead atoms. The topological polar surface area (TPSA) is 78.9 Å². The van der Waals surface area contributed by atoms with E-state index in [2.05, 4.69) is 27.8 Å². The highest BCUT2D eigenvalue weighted by Crippen LogP contribution is 2.34. The lowest BCUT2D eigenvalue weighted by molar-refractivity contribution is -0.122. The third-order valence-electron chi connectivity index (χ3n) is 4.65. The van der Waals surface area contributed by atoms with Crippen LogP contribution in [-0.4, -0.2) is 28.6 Å². The van der Waals surface area contributed by atoms with Gasteiger partial charge in [-0.15, -0.1) is 6.58 Å². The van der Waals surface area contributed by atoms with Gasteiger partial charge in [0.15, 0.2) is 16.6 Å². The lowest BCUT2D eigenvalue weighted by atomic mass is 10.0. The molecule has 0 spiro atoms. The van der Waals surface area contributed by atoms with Crippen LogP contribution in [0, 0.1) is 6.92 Å². The zero-order valence-corrected chi connectivity index (χ0v) is 19.5. The summed E-state index contributed by atoms with van der Waals surface area (Å²) in [5, 5.41) is 13.0. The van der Waals surface area contributed by atoms with Gasteiger partial charge in [0.25, 0.3) is 11.8 Å². The predicted molar refractivity (Wildman–Crippen MR) is 128 cm³/mol. The molecule has 8 heteroatoms. The van der Waals surface area contributed by atoms with E-state index in [0.717, 1.165) is 10.0 Å². The molecule has 2 aromatic carbocycles. The maximum atomic E-state index is 13.3. The Labute approximate surface area is 194 Å². The molecule has 1 aliphatic rings. The molecule has 1 heterocycles. The van der Waals surface area contributed by atoms with E-state index in [0.29, 0.717) is 29.8 Å².